The molecule has 0 saturated carbocycles. The molecular weight excluding hydrogens is 210 g/mol. The predicted octanol–water partition coefficient (Wildman–Crippen LogP) is 3.44. The van der Waals surface area contributed by atoms with Crippen molar-refractivity contribution in [3.05, 3.63) is 29.8 Å². The topological polar surface area (TPSA) is 23.5 Å². The van der Waals surface area contributed by atoms with Crippen LogP contribution in [0.3, 0.4) is 0 Å². The van der Waals surface area contributed by atoms with E-state index in [9.17, 15) is 5.11 Å². The zero-order chi connectivity index (χ0) is 12.8. The van der Waals surface area contributed by atoms with Crippen LogP contribution in [0.15, 0.2) is 24.3 Å². The molecule has 2 nitrogen and oxygen atoms in total. The van der Waals surface area contributed by atoms with Gasteiger partial charge in [0.1, 0.15) is 5.75 Å². The lowest BCUT2D eigenvalue weighted by Crippen LogP contribution is -2.37. The summed E-state index contributed by atoms with van der Waals surface area (Å²) in [5.74, 6) is 0.424. The molecule has 0 aliphatic rings. The monoisotopic (exact) mass is 235 g/mol. The van der Waals surface area contributed by atoms with E-state index < -0.39 is 0 Å². The Hall–Kier alpha value is -1.02. The highest BCUT2D eigenvalue weighted by Gasteiger charge is 2.12. The Morgan fingerprint density at radius 1 is 1.06 bits per heavy atom. The minimum atomic E-state index is 0.424. The van der Waals surface area contributed by atoms with Gasteiger partial charge in [0.2, 0.25) is 0 Å². The van der Waals surface area contributed by atoms with Gasteiger partial charge in [0.05, 0.1) is 0 Å². The summed E-state index contributed by atoms with van der Waals surface area (Å²) < 4.78 is 0. The summed E-state index contributed by atoms with van der Waals surface area (Å²) in [5, 5.41) is 9.68. The van der Waals surface area contributed by atoms with Crippen LogP contribution in [-0.2, 0) is 6.42 Å². The number of hydrogen-bond donors (Lipinski definition) is 1. The molecule has 0 atom stereocenters. The molecule has 96 valence electrons. The van der Waals surface area contributed by atoms with Gasteiger partial charge in [-0.15, -0.1) is 0 Å². The first-order chi connectivity index (χ1) is 8.02. The number of phenolic OH excluding ortho intramolecular Hbond substituents is 1. The fourth-order valence-corrected chi connectivity index (χ4v) is 2.29. The molecule has 0 aliphatic heterocycles. The van der Waals surface area contributed by atoms with Crippen molar-refractivity contribution in [1.29, 1.82) is 0 Å². The molecule has 2 heteroatoms. The van der Waals surface area contributed by atoms with E-state index in [0.717, 1.165) is 24.9 Å². The standard InChI is InChI=1S/C15H25NO/c1-12(2)16(13(3)4)11-7-9-14-8-5-6-10-15(14)17/h5-6,8,10,12-13,17H,7,9,11H2,1-4H3. The van der Waals surface area contributed by atoms with Gasteiger partial charge < -0.3 is 5.11 Å². The second-order valence-corrected chi connectivity index (χ2v) is 5.16. The van der Waals surface area contributed by atoms with Crippen LogP contribution in [-0.4, -0.2) is 28.6 Å². The third kappa shape index (κ3) is 4.39. The summed E-state index contributed by atoms with van der Waals surface area (Å²) in [7, 11) is 0. The minimum absolute atomic E-state index is 0.424. The lowest BCUT2D eigenvalue weighted by molar-refractivity contribution is 0.173. The lowest BCUT2D eigenvalue weighted by atomic mass is 10.1. The van der Waals surface area contributed by atoms with Crippen LogP contribution in [0.2, 0.25) is 0 Å². The third-order valence-electron chi connectivity index (χ3n) is 3.18. The molecule has 0 radical (unpaired) electrons. The Kier molecular flexibility index (Phi) is 5.49. The third-order valence-corrected chi connectivity index (χ3v) is 3.18. The van der Waals surface area contributed by atoms with E-state index >= 15 is 0 Å². The van der Waals surface area contributed by atoms with Gasteiger partial charge in [0, 0.05) is 12.1 Å². The maximum Gasteiger partial charge on any atom is 0.118 e. The van der Waals surface area contributed by atoms with Crippen LogP contribution in [0.5, 0.6) is 5.75 Å². The normalized spacial score (nSPS) is 11.7. The van der Waals surface area contributed by atoms with Gasteiger partial charge in [-0.25, -0.2) is 0 Å². The van der Waals surface area contributed by atoms with Crippen LogP contribution < -0.4 is 0 Å². The van der Waals surface area contributed by atoms with Crippen molar-refractivity contribution in [2.75, 3.05) is 6.54 Å². The minimum Gasteiger partial charge on any atom is -0.508 e. The Morgan fingerprint density at radius 3 is 2.18 bits per heavy atom. The number of rotatable bonds is 6. The Balaban J connectivity index is 2.44. The summed E-state index contributed by atoms with van der Waals surface area (Å²) in [6.45, 7) is 10.0. The number of aryl methyl sites for hydroxylation is 1. The molecule has 0 heterocycles. The predicted molar refractivity (Wildman–Crippen MR) is 73.4 cm³/mol. The van der Waals surface area contributed by atoms with Crippen LogP contribution in [0, 0.1) is 0 Å². The molecule has 1 rings (SSSR count). The fraction of sp³-hybridized carbons (Fsp3) is 0.600. The maximum atomic E-state index is 9.68. The van der Waals surface area contributed by atoms with E-state index in [4.69, 9.17) is 0 Å². The van der Waals surface area contributed by atoms with Gasteiger partial charge in [-0.2, -0.15) is 0 Å². The van der Waals surface area contributed by atoms with Crippen LogP contribution in [0.25, 0.3) is 0 Å². The van der Waals surface area contributed by atoms with Gasteiger partial charge in [-0.05, 0) is 58.7 Å². The first-order valence-corrected chi connectivity index (χ1v) is 6.55. The van der Waals surface area contributed by atoms with E-state index in [2.05, 4.69) is 32.6 Å². The average molecular weight is 235 g/mol. The smallest absolute Gasteiger partial charge is 0.118 e. The molecule has 0 amide bonds. The molecule has 0 saturated heterocycles. The molecule has 1 aromatic carbocycles. The average Bonchev–Trinajstić information content (AvgIpc) is 2.25. The van der Waals surface area contributed by atoms with E-state index in [-0.39, 0.29) is 0 Å². The molecule has 1 aromatic rings. The zero-order valence-corrected chi connectivity index (χ0v) is 11.5. The largest absolute Gasteiger partial charge is 0.508 e. The van der Waals surface area contributed by atoms with E-state index in [1.807, 2.05) is 18.2 Å². The molecule has 17 heavy (non-hydrogen) atoms. The summed E-state index contributed by atoms with van der Waals surface area (Å²) in [6, 6.07) is 8.78. The summed E-state index contributed by atoms with van der Waals surface area (Å²) >= 11 is 0. The Bertz CT molecular complexity index is 325. The molecule has 0 spiro atoms. The summed E-state index contributed by atoms with van der Waals surface area (Å²) in [4.78, 5) is 2.49. The van der Waals surface area contributed by atoms with Gasteiger partial charge in [-0.3, -0.25) is 4.90 Å². The Labute approximate surface area is 105 Å². The summed E-state index contributed by atoms with van der Waals surface area (Å²) in [5.41, 5.74) is 1.06. The second kappa shape index (κ2) is 6.65. The number of aromatic hydroxyl groups is 1. The van der Waals surface area contributed by atoms with Crippen LogP contribution >= 0.6 is 0 Å². The molecule has 0 aliphatic carbocycles. The van der Waals surface area contributed by atoms with Crippen molar-refractivity contribution in [3.63, 3.8) is 0 Å². The molecular formula is C15H25NO. The first kappa shape index (κ1) is 14.0. The number of phenols is 1. The van der Waals surface area contributed by atoms with Crippen molar-refractivity contribution in [2.45, 2.75) is 52.6 Å². The van der Waals surface area contributed by atoms with Gasteiger partial charge in [-0.1, -0.05) is 18.2 Å². The van der Waals surface area contributed by atoms with Crippen molar-refractivity contribution >= 4 is 0 Å². The quantitative estimate of drug-likeness (QED) is 0.816. The lowest BCUT2D eigenvalue weighted by Gasteiger charge is -2.30. The van der Waals surface area contributed by atoms with Crippen molar-refractivity contribution < 1.29 is 5.11 Å². The van der Waals surface area contributed by atoms with Crippen LogP contribution in [0.4, 0.5) is 0 Å². The Morgan fingerprint density at radius 2 is 1.65 bits per heavy atom. The SMILES string of the molecule is CC(C)N(CCCc1ccccc1O)C(C)C. The first-order valence-electron chi connectivity index (χ1n) is 6.55. The second-order valence-electron chi connectivity index (χ2n) is 5.16. The van der Waals surface area contributed by atoms with Crippen molar-refractivity contribution in [2.24, 2.45) is 0 Å². The number of nitrogens with zero attached hydrogens (tertiary/aromatic N) is 1. The number of benzene rings is 1. The highest BCUT2D eigenvalue weighted by Crippen LogP contribution is 2.18. The summed E-state index contributed by atoms with van der Waals surface area (Å²) in [6.07, 6.45) is 2.04. The maximum absolute atomic E-state index is 9.68. The highest BCUT2D eigenvalue weighted by atomic mass is 16.3. The van der Waals surface area contributed by atoms with E-state index in [1.165, 1.54) is 0 Å². The molecule has 0 unspecified atom stereocenters. The number of hydrogen-bond acceptors (Lipinski definition) is 2. The van der Waals surface area contributed by atoms with Crippen molar-refractivity contribution in [1.82, 2.24) is 4.90 Å². The van der Waals surface area contributed by atoms with Crippen LogP contribution in [0.1, 0.15) is 39.7 Å². The van der Waals surface area contributed by atoms with Gasteiger partial charge in [0.15, 0.2) is 0 Å². The zero-order valence-electron chi connectivity index (χ0n) is 11.5. The van der Waals surface area contributed by atoms with E-state index in [1.54, 1.807) is 6.07 Å². The molecule has 0 aromatic heterocycles. The number of para-hydroxylation sites is 1. The van der Waals surface area contributed by atoms with Crippen molar-refractivity contribution in [3.8, 4) is 5.75 Å². The van der Waals surface area contributed by atoms with Gasteiger partial charge in [0.25, 0.3) is 0 Å². The fourth-order valence-electron chi connectivity index (χ4n) is 2.29. The van der Waals surface area contributed by atoms with Gasteiger partial charge >= 0.3 is 0 Å². The van der Waals surface area contributed by atoms with E-state index in [0.29, 0.717) is 17.8 Å². The molecule has 1 N–H and O–H groups in total. The molecule has 0 bridgehead atoms. The highest BCUT2D eigenvalue weighted by molar-refractivity contribution is 5.31. The molecule has 0 fully saturated rings.